The Labute approximate surface area is 180 Å². The fourth-order valence-electron chi connectivity index (χ4n) is 2.66. The van der Waals surface area contributed by atoms with Gasteiger partial charge in [0.25, 0.3) is 0 Å². The van der Waals surface area contributed by atoms with E-state index in [4.69, 9.17) is 27.6 Å². The molecule has 2 aromatic carbocycles. The Morgan fingerprint density at radius 1 is 1.03 bits per heavy atom. The van der Waals surface area contributed by atoms with Gasteiger partial charge in [-0.15, -0.1) is 10.2 Å². The van der Waals surface area contributed by atoms with Crippen LogP contribution in [0.15, 0.2) is 76.5 Å². The number of hydrogen-bond donors (Lipinski definition) is 1. The number of nitrogens with zero attached hydrogens (tertiary/aromatic N) is 3. The molecule has 1 N–H and O–H groups in total. The summed E-state index contributed by atoms with van der Waals surface area (Å²) in [6.45, 7) is 0. The van der Waals surface area contributed by atoms with Gasteiger partial charge in [0.2, 0.25) is 11.7 Å². The van der Waals surface area contributed by atoms with Crippen molar-refractivity contribution in [2.45, 2.75) is 5.16 Å². The van der Waals surface area contributed by atoms with Crippen LogP contribution in [0.2, 0.25) is 10.0 Å². The Balaban J connectivity index is 1.56. The van der Waals surface area contributed by atoms with Crippen molar-refractivity contribution in [1.82, 2.24) is 14.8 Å². The molecule has 0 spiro atoms. The highest BCUT2D eigenvalue weighted by molar-refractivity contribution is 7.99. The lowest BCUT2D eigenvalue weighted by Crippen LogP contribution is -2.15. The maximum Gasteiger partial charge on any atom is 0.234 e. The molecular weight excluding hydrogens is 431 g/mol. The number of rotatable bonds is 6. The number of furan rings is 1. The standard InChI is InChI=1S/C20H14Cl2N4O2S/c21-14-8-4-9-15(18(14)22)23-17(27)12-29-20-25-24-19(16-10-5-11-28-16)26(20)13-6-2-1-3-7-13/h1-11H,12H2,(H,23,27). The van der Waals surface area contributed by atoms with E-state index in [0.29, 0.717) is 32.5 Å². The first-order chi connectivity index (χ1) is 14.1. The van der Waals surface area contributed by atoms with Gasteiger partial charge in [0, 0.05) is 5.69 Å². The molecule has 0 aliphatic rings. The van der Waals surface area contributed by atoms with Crippen molar-refractivity contribution in [3.8, 4) is 17.3 Å². The lowest BCUT2D eigenvalue weighted by Gasteiger charge is -2.10. The Morgan fingerprint density at radius 2 is 1.86 bits per heavy atom. The average Bonchev–Trinajstić information content (AvgIpc) is 3.40. The molecular formula is C20H14Cl2N4O2S. The van der Waals surface area contributed by atoms with E-state index in [-0.39, 0.29) is 11.7 Å². The molecule has 6 nitrogen and oxygen atoms in total. The predicted octanol–water partition coefficient (Wildman–Crippen LogP) is 5.56. The van der Waals surface area contributed by atoms with Gasteiger partial charge in [-0.2, -0.15) is 0 Å². The Bertz CT molecular complexity index is 1130. The summed E-state index contributed by atoms with van der Waals surface area (Å²) < 4.78 is 7.34. The molecule has 9 heteroatoms. The van der Waals surface area contributed by atoms with Gasteiger partial charge in [-0.1, -0.05) is 59.2 Å². The SMILES string of the molecule is O=C(CSc1nnc(-c2ccco2)n1-c1ccccc1)Nc1cccc(Cl)c1Cl. The molecule has 0 atom stereocenters. The largest absolute Gasteiger partial charge is 0.461 e. The summed E-state index contributed by atoms with van der Waals surface area (Å²) in [4.78, 5) is 12.4. The predicted molar refractivity (Wildman–Crippen MR) is 115 cm³/mol. The van der Waals surface area contributed by atoms with E-state index in [9.17, 15) is 4.79 Å². The molecule has 0 unspecified atom stereocenters. The number of nitrogens with one attached hydrogen (secondary N) is 1. The average molecular weight is 445 g/mol. The van der Waals surface area contributed by atoms with E-state index in [1.165, 1.54) is 11.8 Å². The number of carbonyl (C=O) groups is 1. The van der Waals surface area contributed by atoms with E-state index >= 15 is 0 Å². The molecule has 0 saturated heterocycles. The zero-order valence-corrected chi connectivity index (χ0v) is 17.2. The van der Waals surface area contributed by atoms with E-state index in [1.807, 2.05) is 41.0 Å². The molecule has 0 saturated carbocycles. The van der Waals surface area contributed by atoms with Gasteiger partial charge in [-0.05, 0) is 36.4 Å². The summed E-state index contributed by atoms with van der Waals surface area (Å²) in [7, 11) is 0. The number of aromatic nitrogens is 3. The van der Waals surface area contributed by atoms with Crippen molar-refractivity contribution in [1.29, 1.82) is 0 Å². The molecule has 29 heavy (non-hydrogen) atoms. The zero-order chi connectivity index (χ0) is 20.2. The van der Waals surface area contributed by atoms with Crippen molar-refractivity contribution in [2.24, 2.45) is 0 Å². The van der Waals surface area contributed by atoms with Gasteiger partial charge < -0.3 is 9.73 Å². The number of halogens is 2. The fraction of sp³-hybridized carbons (Fsp3) is 0.0500. The van der Waals surface area contributed by atoms with Gasteiger partial charge in [0.05, 0.1) is 27.7 Å². The van der Waals surface area contributed by atoms with Gasteiger partial charge in [0.1, 0.15) is 0 Å². The van der Waals surface area contributed by atoms with Crippen molar-refractivity contribution in [2.75, 3.05) is 11.1 Å². The molecule has 0 fully saturated rings. The molecule has 0 aliphatic carbocycles. The Morgan fingerprint density at radius 3 is 2.62 bits per heavy atom. The lowest BCUT2D eigenvalue weighted by molar-refractivity contribution is -0.113. The van der Waals surface area contributed by atoms with Crippen LogP contribution in [-0.2, 0) is 4.79 Å². The normalized spacial score (nSPS) is 10.8. The maximum atomic E-state index is 12.4. The minimum atomic E-state index is -0.235. The highest BCUT2D eigenvalue weighted by Gasteiger charge is 2.19. The highest BCUT2D eigenvalue weighted by atomic mass is 35.5. The number of anilines is 1. The number of carbonyl (C=O) groups excluding carboxylic acids is 1. The Hall–Kier alpha value is -2.74. The van der Waals surface area contributed by atoms with Crippen molar-refractivity contribution in [3.63, 3.8) is 0 Å². The van der Waals surface area contributed by atoms with E-state index in [2.05, 4.69) is 15.5 Å². The van der Waals surface area contributed by atoms with Crippen molar-refractivity contribution >= 4 is 46.6 Å². The van der Waals surface area contributed by atoms with Crippen LogP contribution >= 0.6 is 35.0 Å². The van der Waals surface area contributed by atoms with E-state index in [0.717, 1.165) is 5.69 Å². The number of thioether (sulfide) groups is 1. The topological polar surface area (TPSA) is 73.0 Å². The summed E-state index contributed by atoms with van der Waals surface area (Å²) in [6.07, 6.45) is 1.58. The van der Waals surface area contributed by atoms with E-state index in [1.54, 1.807) is 30.5 Å². The summed E-state index contributed by atoms with van der Waals surface area (Å²) in [6, 6.07) is 18.3. The molecule has 2 heterocycles. The first kappa shape index (κ1) is 19.6. The van der Waals surface area contributed by atoms with Crippen LogP contribution in [0.3, 0.4) is 0 Å². The number of benzene rings is 2. The quantitative estimate of drug-likeness (QED) is 0.393. The molecule has 0 aliphatic heterocycles. The third-order valence-electron chi connectivity index (χ3n) is 3.95. The third-order valence-corrected chi connectivity index (χ3v) is 5.70. The summed E-state index contributed by atoms with van der Waals surface area (Å²) in [5, 5.41) is 12.5. The van der Waals surface area contributed by atoms with Gasteiger partial charge in [-0.3, -0.25) is 9.36 Å². The number of para-hydroxylation sites is 1. The van der Waals surface area contributed by atoms with Crippen LogP contribution in [0, 0.1) is 0 Å². The van der Waals surface area contributed by atoms with E-state index < -0.39 is 0 Å². The Kier molecular flexibility index (Phi) is 5.89. The molecule has 2 aromatic heterocycles. The van der Waals surface area contributed by atoms with Gasteiger partial charge in [-0.25, -0.2) is 0 Å². The molecule has 1 amide bonds. The van der Waals surface area contributed by atoms with Crippen LogP contribution in [-0.4, -0.2) is 26.4 Å². The number of hydrogen-bond acceptors (Lipinski definition) is 5. The smallest absolute Gasteiger partial charge is 0.234 e. The van der Waals surface area contributed by atoms with Crippen LogP contribution in [0.5, 0.6) is 0 Å². The second kappa shape index (κ2) is 8.73. The van der Waals surface area contributed by atoms with Crippen LogP contribution < -0.4 is 5.32 Å². The van der Waals surface area contributed by atoms with Crippen LogP contribution in [0.1, 0.15) is 0 Å². The van der Waals surface area contributed by atoms with Crippen LogP contribution in [0.25, 0.3) is 17.3 Å². The maximum absolute atomic E-state index is 12.4. The fourth-order valence-corrected chi connectivity index (χ4v) is 3.76. The van der Waals surface area contributed by atoms with Crippen molar-refractivity contribution in [3.05, 3.63) is 77.0 Å². The van der Waals surface area contributed by atoms with Crippen LogP contribution in [0.4, 0.5) is 5.69 Å². The number of amides is 1. The molecule has 0 radical (unpaired) electrons. The minimum Gasteiger partial charge on any atom is -0.461 e. The second-order valence-corrected chi connectivity index (χ2v) is 7.62. The first-order valence-corrected chi connectivity index (χ1v) is 10.3. The highest BCUT2D eigenvalue weighted by Crippen LogP contribution is 2.31. The monoisotopic (exact) mass is 444 g/mol. The summed E-state index contributed by atoms with van der Waals surface area (Å²) in [5.74, 6) is 1.03. The first-order valence-electron chi connectivity index (χ1n) is 8.55. The van der Waals surface area contributed by atoms with Crippen molar-refractivity contribution < 1.29 is 9.21 Å². The summed E-state index contributed by atoms with van der Waals surface area (Å²) >= 11 is 13.4. The molecule has 4 aromatic rings. The molecule has 4 rings (SSSR count). The van der Waals surface area contributed by atoms with Gasteiger partial charge >= 0.3 is 0 Å². The molecule has 146 valence electrons. The molecule has 0 bridgehead atoms. The second-order valence-electron chi connectivity index (χ2n) is 5.89. The zero-order valence-electron chi connectivity index (χ0n) is 14.9. The third kappa shape index (κ3) is 4.32. The minimum absolute atomic E-state index is 0.117. The lowest BCUT2D eigenvalue weighted by atomic mass is 10.3. The summed E-state index contributed by atoms with van der Waals surface area (Å²) in [5.41, 5.74) is 1.33. The van der Waals surface area contributed by atoms with Gasteiger partial charge in [0.15, 0.2) is 10.9 Å².